The molecule has 0 atom stereocenters. The molecule has 24 heavy (non-hydrogen) atoms. The monoisotopic (exact) mass is 339 g/mol. The third-order valence-corrected chi connectivity index (χ3v) is 4.20. The lowest BCUT2D eigenvalue weighted by Crippen LogP contribution is -2.28. The van der Waals surface area contributed by atoms with Crippen molar-refractivity contribution in [3.8, 4) is 11.3 Å². The van der Waals surface area contributed by atoms with Crippen LogP contribution in [0.25, 0.3) is 16.2 Å². The Balaban J connectivity index is 1.40. The lowest BCUT2D eigenvalue weighted by atomic mass is 10.1. The van der Waals surface area contributed by atoms with E-state index in [0.717, 1.165) is 16.2 Å². The number of fused-ring (bicyclic) bond motifs is 1. The van der Waals surface area contributed by atoms with E-state index in [1.165, 1.54) is 0 Å². The van der Waals surface area contributed by atoms with Gasteiger partial charge in [0.05, 0.1) is 18.4 Å². The number of carbonyl (C=O) groups is 1. The van der Waals surface area contributed by atoms with Gasteiger partial charge in [0.25, 0.3) is 0 Å². The van der Waals surface area contributed by atoms with Crippen LogP contribution in [0.4, 0.5) is 10.5 Å². The van der Waals surface area contributed by atoms with Crippen molar-refractivity contribution in [3.63, 3.8) is 0 Å². The number of hydrogen-bond acceptors (Lipinski definition) is 5. The summed E-state index contributed by atoms with van der Waals surface area (Å²) in [5, 5.41) is 17.5. The minimum atomic E-state index is -0.298. The zero-order valence-corrected chi connectivity index (χ0v) is 13.2. The van der Waals surface area contributed by atoms with Crippen LogP contribution in [0, 0.1) is 0 Å². The summed E-state index contributed by atoms with van der Waals surface area (Å²) in [5.74, 6) is 0. The SMILES string of the molecule is O=C(NCc1cn[nH]n1)Nc1ccc(-c2cn3ccsc3n2)cc1. The van der Waals surface area contributed by atoms with E-state index in [1.54, 1.807) is 17.5 Å². The Hall–Kier alpha value is -3.20. The molecular weight excluding hydrogens is 326 g/mol. The van der Waals surface area contributed by atoms with Crippen LogP contribution in [0.2, 0.25) is 0 Å². The molecule has 0 aliphatic carbocycles. The molecule has 0 aliphatic heterocycles. The summed E-state index contributed by atoms with van der Waals surface area (Å²) in [6.45, 7) is 0.311. The Morgan fingerprint density at radius 1 is 1.29 bits per heavy atom. The maximum Gasteiger partial charge on any atom is 0.319 e. The van der Waals surface area contributed by atoms with E-state index in [-0.39, 0.29) is 6.03 Å². The van der Waals surface area contributed by atoms with Gasteiger partial charge in [0.1, 0.15) is 5.69 Å². The number of benzene rings is 1. The summed E-state index contributed by atoms with van der Waals surface area (Å²) in [5.41, 5.74) is 3.28. The average molecular weight is 339 g/mol. The minimum absolute atomic E-state index is 0.298. The molecule has 0 spiro atoms. The van der Waals surface area contributed by atoms with Crippen LogP contribution >= 0.6 is 11.3 Å². The highest BCUT2D eigenvalue weighted by atomic mass is 32.1. The number of rotatable bonds is 4. The number of imidazole rings is 1. The van der Waals surface area contributed by atoms with Crippen LogP contribution in [0.3, 0.4) is 0 Å². The van der Waals surface area contributed by atoms with Gasteiger partial charge in [-0.1, -0.05) is 12.1 Å². The van der Waals surface area contributed by atoms with Crippen LogP contribution < -0.4 is 10.6 Å². The number of amides is 2. The molecule has 1 aromatic carbocycles. The highest BCUT2D eigenvalue weighted by molar-refractivity contribution is 7.15. The number of H-pyrrole nitrogens is 1. The maximum atomic E-state index is 11.9. The minimum Gasteiger partial charge on any atom is -0.332 e. The van der Waals surface area contributed by atoms with Crippen LogP contribution in [0.1, 0.15) is 5.69 Å². The van der Waals surface area contributed by atoms with Crippen molar-refractivity contribution in [1.82, 2.24) is 30.1 Å². The Morgan fingerprint density at radius 3 is 2.92 bits per heavy atom. The molecular formula is C15H13N7OS. The third-order valence-electron chi connectivity index (χ3n) is 3.43. The van der Waals surface area contributed by atoms with Crippen molar-refractivity contribution in [1.29, 1.82) is 0 Å². The summed E-state index contributed by atoms with van der Waals surface area (Å²) in [4.78, 5) is 17.4. The highest BCUT2D eigenvalue weighted by Crippen LogP contribution is 2.23. The largest absolute Gasteiger partial charge is 0.332 e. The maximum absolute atomic E-state index is 11.9. The number of aromatic amines is 1. The van der Waals surface area contributed by atoms with Gasteiger partial charge < -0.3 is 10.6 Å². The van der Waals surface area contributed by atoms with Gasteiger partial charge in [0.2, 0.25) is 0 Å². The van der Waals surface area contributed by atoms with Crippen molar-refractivity contribution in [3.05, 3.63) is 53.9 Å². The molecule has 0 aliphatic rings. The second-order valence-electron chi connectivity index (χ2n) is 5.07. The van der Waals surface area contributed by atoms with Gasteiger partial charge in [-0.15, -0.1) is 11.3 Å². The third kappa shape index (κ3) is 2.97. The second kappa shape index (κ2) is 6.13. The van der Waals surface area contributed by atoms with Crippen molar-refractivity contribution < 1.29 is 4.79 Å². The van der Waals surface area contributed by atoms with Gasteiger partial charge in [-0.3, -0.25) is 4.40 Å². The van der Waals surface area contributed by atoms with Gasteiger partial charge in [0.15, 0.2) is 4.96 Å². The second-order valence-corrected chi connectivity index (χ2v) is 5.94. The van der Waals surface area contributed by atoms with E-state index < -0.39 is 0 Å². The van der Waals surface area contributed by atoms with Gasteiger partial charge >= 0.3 is 6.03 Å². The molecule has 8 nitrogen and oxygen atoms in total. The molecule has 0 saturated heterocycles. The Labute approximate surface area is 140 Å². The zero-order chi connectivity index (χ0) is 16.4. The van der Waals surface area contributed by atoms with E-state index in [4.69, 9.17) is 0 Å². The molecule has 3 N–H and O–H groups in total. The summed E-state index contributed by atoms with van der Waals surface area (Å²) in [6.07, 6.45) is 5.52. The van der Waals surface area contributed by atoms with E-state index in [1.807, 2.05) is 46.4 Å². The molecule has 0 radical (unpaired) electrons. The molecule has 9 heteroatoms. The molecule has 0 saturated carbocycles. The van der Waals surface area contributed by atoms with E-state index >= 15 is 0 Å². The Kier molecular flexibility index (Phi) is 3.67. The molecule has 0 fully saturated rings. The smallest absolute Gasteiger partial charge is 0.319 e. The summed E-state index contributed by atoms with van der Waals surface area (Å²) < 4.78 is 1.99. The van der Waals surface area contributed by atoms with E-state index in [0.29, 0.717) is 17.9 Å². The fourth-order valence-corrected chi connectivity index (χ4v) is 2.95. The molecule has 120 valence electrons. The van der Waals surface area contributed by atoms with Crippen molar-refractivity contribution in [2.45, 2.75) is 6.54 Å². The van der Waals surface area contributed by atoms with Crippen LogP contribution in [-0.2, 0) is 6.54 Å². The summed E-state index contributed by atoms with van der Waals surface area (Å²) >= 11 is 1.59. The van der Waals surface area contributed by atoms with Crippen molar-refractivity contribution in [2.24, 2.45) is 0 Å². The quantitative estimate of drug-likeness (QED) is 0.532. The first kappa shape index (κ1) is 14.4. The van der Waals surface area contributed by atoms with Crippen LogP contribution in [0.15, 0.2) is 48.2 Å². The average Bonchev–Trinajstić information content (AvgIpc) is 3.30. The van der Waals surface area contributed by atoms with Crippen molar-refractivity contribution in [2.75, 3.05) is 5.32 Å². The van der Waals surface area contributed by atoms with Crippen molar-refractivity contribution >= 4 is 28.0 Å². The fourth-order valence-electron chi connectivity index (χ4n) is 2.25. The van der Waals surface area contributed by atoms with Gasteiger partial charge in [-0.2, -0.15) is 15.4 Å². The number of aromatic nitrogens is 5. The number of nitrogens with zero attached hydrogens (tertiary/aromatic N) is 4. The molecule has 2 amide bonds. The van der Waals surface area contributed by atoms with Gasteiger partial charge in [0, 0.05) is 29.0 Å². The zero-order valence-electron chi connectivity index (χ0n) is 12.4. The fraction of sp³-hybridized carbons (Fsp3) is 0.0667. The molecule has 0 unspecified atom stereocenters. The normalized spacial score (nSPS) is 10.8. The summed E-state index contributed by atoms with van der Waals surface area (Å²) in [7, 11) is 0. The molecule has 4 aromatic rings. The summed E-state index contributed by atoms with van der Waals surface area (Å²) in [6, 6.07) is 7.25. The first-order valence-corrected chi connectivity index (χ1v) is 8.08. The molecule has 3 aromatic heterocycles. The predicted octanol–water partition coefficient (Wildman–Crippen LogP) is 2.50. The Bertz CT molecular complexity index is 927. The molecule has 3 heterocycles. The topological polar surface area (TPSA) is 100 Å². The van der Waals surface area contributed by atoms with Gasteiger partial charge in [-0.05, 0) is 12.1 Å². The Morgan fingerprint density at radius 2 is 2.17 bits per heavy atom. The lowest BCUT2D eigenvalue weighted by molar-refractivity contribution is 0.251. The van der Waals surface area contributed by atoms with Crippen LogP contribution in [0.5, 0.6) is 0 Å². The molecule has 4 rings (SSSR count). The predicted molar refractivity (Wildman–Crippen MR) is 90.7 cm³/mol. The number of hydrogen-bond donors (Lipinski definition) is 3. The molecule has 0 bridgehead atoms. The van der Waals surface area contributed by atoms with Gasteiger partial charge in [-0.25, -0.2) is 9.78 Å². The lowest BCUT2D eigenvalue weighted by Gasteiger charge is -2.06. The first-order valence-electron chi connectivity index (χ1n) is 7.20. The highest BCUT2D eigenvalue weighted by Gasteiger charge is 2.06. The first-order chi connectivity index (χ1) is 11.8. The number of nitrogens with one attached hydrogen (secondary N) is 3. The number of carbonyl (C=O) groups excluding carboxylic acids is 1. The number of anilines is 1. The van der Waals surface area contributed by atoms with E-state index in [2.05, 4.69) is 31.0 Å². The van der Waals surface area contributed by atoms with E-state index in [9.17, 15) is 4.79 Å². The number of thiazole rings is 1. The number of urea groups is 1. The standard InChI is InChI=1S/C15H13N7OS/c23-14(16-7-12-8-17-21-20-12)18-11-3-1-10(2-4-11)13-9-22-5-6-24-15(22)19-13/h1-6,8-9H,7H2,(H2,16,18,23)(H,17,20,21). The van der Waals surface area contributed by atoms with Crippen LogP contribution in [-0.4, -0.2) is 30.8 Å².